The van der Waals surface area contributed by atoms with Gasteiger partial charge in [0.1, 0.15) is 0 Å². The van der Waals surface area contributed by atoms with Crippen LogP contribution in [-0.4, -0.2) is 16.6 Å². The number of carbonyl (C=O) groups excluding carboxylic acids is 1. The van der Waals surface area contributed by atoms with Crippen molar-refractivity contribution in [1.82, 2.24) is 5.01 Å². The first-order valence-corrected chi connectivity index (χ1v) is 8.40. The van der Waals surface area contributed by atoms with E-state index in [1.165, 1.54) is 4.88 Å². The van der Waals surface area contributed by atoms with Crippen LogP contribution in [0.4, 0.5) is 0 Å². The number of amides is 1. The van der Waals surface area contributed by atoms with Gasteiger partial charge < -0.3 is 0 Å². The highest BCUT2D eigenvalue weighted by Crippen LogP contribution is 2.36. The van der Waals surface area contributed by atoms with Crippen molar-refractivity contribution in [3.05, 3.63) is 44.8 Å². The van der Waals surface area contributed by atoms with Crippen LogP contribution < -0.4 is 0 Å². The molecule has 1 aliphatic heterocycles. The molecule has 1 amide bonds. The quantitative estimate of drug-likeness (QED) is 0.838. The van der Waals surface area contributed by atoms with Gasteiger partial charge in [0.25, 0.3) is 0 Å². The topological polar surface area (TPSA) is 32.7 Å². The van der Waals surface area contributed by atoms with Crippen LogP contribution >= 0.6 is 22.7 Å². The minimum atomic E-state index is -0.0381. The fourth-order valence-corrected chi connectivity index (χ4v) is 3.80. The molecule has 2 aromatic heterocycles. The maximum atomic E-state index is 12.4. The summed E-state index contributed by atoms with van der Waals surface area (Å²) in [5.41, 5.74) is 1.02. The lowest BCUT2D eigenvalue weighted by Crippen LogP contribution is -2.30. The Labute approximate surface area is 126 Å². The highest BCUT2D eigenvalue weighted by molar-refractivity contribution is 7.12. The Morgan fingerprint density at radius 3 is 2.65 bits per heavy atom. The maximum absolute atomic E-state index is 12.4. The van der Waals surface area contributed by atoms with E-state index in [2.05, 4.69) is 22.6 Å². The average Bonchev–Trinajstić information content (AvgIpc) is 3.16. The van der Waals surface area contributed by atoms with Crippen molar-refractivity contribution in [2.75, 3.05) is 0 Å². The number of rotatable bonds is 3. The first kappa shape index (κ1) is 13.5. The van der Waals surface area contributed by atoms with Crippen LogP contribution in [0.2, 0.25) is 0 Å². The van der Waals surface area contributed by atoms with E-state index in [9.17, 15) is 4.79 Å². The molecule has 0 aromatic carbocycles. The molecule has 0 saturated carbocycles. The van der Waals surface area contributed by atoms with E-state index in [0.29, 0.717) is 0 Å². The Morgan fingerprint density at radius 1 is 1.30 bits per heavy atom. The fourth-order valence-electron chi connectivity index (χ4n) is 2.27. The summed E-state index contributed by atoms with van der Waals surface area (Å²) in [6.07, 6.45) is 0.805. The van der Waals surface area contributed by atoms with Crippen LogP contribution in [0.3, 0.4) is 0 Å². The molecule has 0 saturated heterocycles. The Balaban J connectivity index is 1.94. The van der Waals surface area contributed by atoms with E-state index in [-0.39, 0.29) is 17.9 Å². The van der Waals surface area contributed by atoms with Crippen LogP contribution in [0, 0.1) is 5.92 Å². The second kappa shape index (κ2) is 5.50. The highest BCUT2D eigenvalue weighted by Gasteiger charge is 2.34. The van der Waals surface area contributed by atoms with Gasteiger partial charge in [0, 0.05) is 17.2 Å². The third-order valence-corrected chi connectivity index (χ3v) is 5.20. The smallest absolute Gasteiger partial charge is 0.245 e. The molecule has 1 aliphatic rings. The van der Waals surface area contributed by atoms with Gasteiger partial charge >= 0.3 is 0 Å². The van der Waals surface area contributed by atoms with E-state index >= 15 is 0 Å². The maximum Gasteiger partial charge on any atom is 0.245 e. The number of thiophene rings is 2. The molecular formula is C15H16N2OS2. The van der Waals surface area contributed by atoms with Crippen LogP contribution in [0.25, 0.3) is 0 Å². The SMILES string of the molecule is CC(C)C(=O)N1N=C(c2cccs2)CC1c1cccs1. The van der Waals surface area contributed by atoms with Crippen molar-refractivity contribution in [3.63, 3.8) is 0 Å². The van der Waals surface area contributed by atoms with Crippen LogP contribution in [0.5, 0.6) is 0 Å². The second-order valence-corrected chi connectivity index (χ2v) is 7.02. The lowest BCUT2D eigenvalue weighted by Gasteiger charge is -2.22. The first-order valence-electron chi connectivity index (χ1n) is 6.64. The number of hydrogen-bond donors (Lipinski definition) is 0. The number of carbonyl (C=O) groups is 1. The predicted molar refractivity (Wildman–Crippen MR) is 84.2 cm³/mol. The van der Waals surface area contributed by atoms with Crippen molar-refractivity contribution < 1.29 is 4.79 Å². The van der Waals surface area contributed by atoms with Crippen molar-refractivity contribution >= 4 is 34.3 Å². The van der Waals surface area contributed by atoms with Crippen molar-refractivity contribution in [2.24, 2.45) is 11.0 Å². The van der Waals surface area contributed by atoms with E-state index in [1.54, 1.807) is 27.7 Å². The first-order chi connectivity index (χ1) is 9.66. The van der Waals surface area contributed by atoms with Crippen LogP contribution in [0.15, 0.2) is 40.1 Å². The molecule has 0 N–H and O–H groups in total. The van der Waals surface area contributed by atoms with Gasteiger partial charge in [0.15, 0.2) is 0 Å². The molecule has 5 heteroatoms. The van der Waals surface area contributed by atoms with E-state index in [1.807, 2.05) is 31.4 Å². The molecule has 3 rings (SSSR count). The van der Waals surface area contributed by atoms with Gasteiger partial charge in [-0.1, -0.05) is 26.0 Å². The van der Waals surface area contributed by atoms with Gasteiger partial charge in [-0.25, -0.2) is 5.01 Å². The monoisotopic (exact) mass is 304 g/mol. The fraction of sp³-hybridized carbons (Fsp3) is 0.333. The standard InChI is InChI=1S/C15H16N2OS2/c1-10(2)15(18)17-12(14-6-4-8-20-14)9-11(16-17)13-5-3-7-19-13/h3-8,10,12H,9H2,1-2H3. The molecule has 0 bridgehead atoms. The summed E-state index contributed by atoms with van der Waals surface area (Å²) in [7, 11) is 0. The lowest BCUT2D eigenvalue weighted by atomic mass is 10.1. The summed E-state index contributed by atoms with van der Waals surface area (Å²) in [6, 6.07) is 8.26. The zero-order valence-electron chi connectivity index (χ0n) is 11.4. The summed E-state index contributed by atoms with van der Waals surface area (Å²) in [5, 5.41) is 10.4. The normalized spacial score (nSPS) is 18.6. The average molecular weight is 304 g/mol. The van der Waals surface area contributed by atoms with Gasteiger partial charge in [-0.3, -0.25) is 4.79 Å². The zero-order valence-corrected chi connectivity index (χ0v) is 13.1. The highest BCUT2D eigenvalue weighted by atomic mass is 32.1. The number of hydrazone groups is 1. The number of hydrogen-bond acceptors (Lipinski definition) is 4. The summed E-state index contributed by atoms with van der Waals surface area (Å²) < 4.78 is 0. The molecule has 0 aliphatic carbocycles. The molecule has 2 aromatic rings. The molecule has 20 heavy (non-hydrogen) atoms. The van der Waals surface area contributed by atoms with Gasteiger partial charge in [-0.15, -0.1) is 22.7 Å². The molecule has 0 fully saturated rings. The van der Waals surface area contributed by atoms with Crippen molar-refractivity contribution in [1.29, 1.82) is 0 Å². The van der Waals surface area contributed by atoms with E-state index in [4.69, 9.17) is 0 Å². The van der Waals surface area contributed by atoms with Gasteiger partial charge in [-0.2, -0.15) is 5.10 Å². The Kier molecular flexibility index (Phi) is 3.72. The Bertz CT molecular complexity index is 614. The molecule has 1 atom stereocenters. The summed E-state index contributed by atoms with van der Waals surface area (Å²) >= 11 is 3.36. The number of nitrogens with zero attached hydrogens (tertiary/aromatic N) is 2. The van der Waals surface area contributed by atoms with Gasteiger partial charge in [0.2, 0.25) is 5.91 Å². The second-order valence-electron chi connectivity index (χ2n) is 5.10. The largest absolute Gasteiger partial charge is 0.273 e. The lowest BCUT2D eigenvalue weighted by molar-refractivity contribution is -0.136. The minimum Gasteiger partial charge on any atom is -0.273 e. The zero-order chi connectivity index (χ0) is 14.1. The van der Waals surface area contributed by atoms with E-state index < -0.39 is 0 Å². The van der Waals surface area contributed by atoms with Crippen LogP contribution in [0.1, 0.15) is 36.1 Å². The Hall–Kier alpha value is -1.46. The third kappa shape index (κ3) is 2.43. The molecule has 3 heterocycles. The Morgan fingerprint density at radius 2 is 2.05 bits per heavy atom. The molecule has 0 spiro atoms. The molecule has 1 unspecified atom stereocenters. The van der Waals surface area contributed by atoms with Crippen molar-refractivity contribution in [3.8, 4) is 0 Å². The minimum absolute atomic E-state index is 0.0381. The van der Waals surface area contributed by atoms with Gasteiger partial charge in [0.05, 0.1) is 16.6 Å². The van der Waals surface area contributed by atoms with Crippen molar-refractivity contribution in [2.45, 2.75) is 26.3 Å². The predicted octanol–water partition coefficient (Wildman–Crippen LogP) is 4.14. The molecule has 3 nitrogen and oxygen atoms in total. The summed E-state index contributed by atoms with van der Waals surface area (Å²) in [4.78, 5) is 14.8. The van der Waals surface area contributed by atoms with E-state index in [0.717, 1.165) is 17.0 Å². The summed E-state index contributed by atoms with van der Waals surface area (Å²) in [6.45, 7) is 3.85. The summed E-state index contributed by atoms with van der Waals surface area (Å²) in [5.74, 6) is 0.0545. The van der Waals surface area contributed by atoms with Gasteiger partial charge in [-0.05, 0) is 22.9 Å². The molecule has 0 radical (unpaired) electrons. The van der Waals surface area contributed by atoms with Crippen LogP contribution in [-0.2, 0) is 4.79 Å². The third-order valence-electron chi connectivity index (χ3n) is 3.31. The molecule has 104 valence electrons. The molecular weight excluding hydrogens is 288 g/mol.